The van der Waals surface area contributed by atoms with E-state index in [9.17, 15) is 19.2 Å². The van der Waals surface area contributed by atoms with Gasteiger partial charge in [-0.05, 0) is 71.1 Å². The van der Waals surface area contributed by atoms with Gasteiger partial charge in [0.1, 0.15) is 5.60 Å². The maximum absolute atomic E-state index is 13.2. The lowest BCUT2D eigenvalue weighted by atomic mass is 10.0. The molecule has 4 rings (SSSR count). The van der Waals surface area contributed by atoms with E-state index in [0.29, 0.717) is 44.0 Å². The lowest BCUT2D eigenvalue weighted by molar-refractivity contribution is -0.120. The predicted octanol–water partition coefficient (Wildman–Crippen LogP) is 3.46. The highest BCUT2D eigenvalue weighted by molar-refractivity contribution is 6.06. The number of likely N-dealkylation sites (tertiary alicyclic amines) is 2. The van der Waals surface area contributed by atoms with E-state index in [-0.39, 0.29) is 36.5 Å². The Morgan fingerprint density at radius 3 is 2.08 bits per heavy atom. The smallest absolute Gasteiger partial charge is 0.410 e. The lowest BCUT2D eigenvalue weighted by Gasteiger charge is -2.37. The Morgan fingerprint density at radius 2 is 1.51 bits per heavy atom. The van der Waals surface area contributed by atoms with Crippen LogP contribution in [0.1, 0.15) is 68.8 Å². The summed E-state index contributed by atoms with van der Waals surface area (Å²) >= 11 is 0. The first-order valence-electron chi connectivity index (χ1n) is 13.1. The molecule has 1 N–H and O–H groups in total. The molecule has 1 aromatic carbocycles. The monoisotopic (exact) mass is 514 g/mol. The van der Waals surface area contributed by atoms with Crippen molar-refractivity contribution in [3.8, 4) is 0 Å². The first-order valence-corrected chi connectivity index (χ1v) is 13.1. The number of hydrogen-bond donors (Lipinski definition) is 1. The minimum Gasteiger partial charge on any atom is -0.444 e. The van der Waals surface area contributed by atoms with Gasteiger partial charge in [-0.3, -0.25) is 19.8 Å². The second-order valence-electron chi connectivity index (χ2n) is 11.1. The van der Waals surface area contributed by atoms with E-state index in [1.165, 1.54) is 4.90 Å². The molecule has 3 aliphatic heterocycles. The summed E-state index contributed by atoms with van der Waals surface area (Å²) in [6, 6.07) is 4.91. The van der Waals surface area contributed by atoms with Crippen molar-refractivity contribution in [3.05, 3.63) is 29.3 Å². The SMILES string of the molecule is Cc1ccc(C(=O)N2CCC(OC3CCN(C(=O)OC(C)(C)C)CC3)CC2)cc1N1CCC(=O)NC1=O. The number of carbonyl (C=O) groups is 4. The summed E-state index contributed by atoms with van der Waals surface area (Å²) in [4.78, 5) is 54.4. The fourth-order valence-corrected chi connectivity index (χ4v) is 4.98. The topological polar surface area (TPSA) is 108 Å². The van der Waals surface area contributed by atoms with Crippen LogP contribution in [0.5, 0.6) is 0 Å². The van der Waals surface area contributed by atoms with Gasteiger partial charge in [-0.25, -0.2) is 9.59 Å². The van der Waals surface area contributed by atoms with Gasteiger partial charge < -0.3 is 19.3 Å². The molecule has 3 heterocycles. The van der Waals surface area contributed by atoms with Crippen LogP contribution in [0.3, 0.4) is 0 Å². The minimum absolute atomic E-state index is 0.0705. The van der Waals surface area contributed by atoms with E-state index in [4.69, 9.17) is 9.47 Å². The molecule has 0 unspecified atom stereocenters. The van der Waals surface area contributed by atoms with Gasteiger partial charge in [0.25, 0.3) is 5.91 Å². The van der Waals surface area contributed by atoms with Crippen LogP contribution in [-0.4, -0.2) is 84.3 Å². The zero-order chi connectivity index (χ0) is 26.7. The van der Waals surface area contributed by atoms with Gasteiger partial charge in [0.15, 0.2) is 0 Å². The standard InChI is InChI=1S/C27H38N4O6/c1-18-5-6-19(17-22(18)31-16-11-23(32)28-25(31)34)24(33)29-12-7-20(8-13-29)36-21-9-14-30(15-10-21)26(35)37-27(2,3)4/h5-6,17,20-21H,7-16H2,1-4H3,(H,28,32,34). The van der Waals surface area contributed by atoms with Gasteiger partial charge in [0.2, 0.25) is 5.91 Å². The van der Waals surface area contributed by atoms with E-state index < -0.39 is 11.6 Å². The molecule has 0 radical (unpaired) electrons. The second kappa shape index (κ2) is 11.1. The summed E-state index contributed by atoms with van der Waals surface area (Å²) in [5.74, 6) is -0.358. The molecule has 1 aromatic rings. The number of rotatable bonds is 4. The molecule has 10 nitrogen and oxygen atoms in total. The molecule has 0 aliphatic carbocycles. The number of imide groups is 1. The number of nitrogens with zero attached hydrogens (tertiary/aromatic N) is 3. The van der Waals surface area contributed by atoms with E-state index in [1.54, 1.807) is 17.0 Å². The average Bonchev–Trinajstić information content (AvgIpc) is 2.84. The number of anilines is 1. The Balaban J connectivity index is 1.26. The Labute approximate surface area is 218 Å². The molecule has 0 bridgehead atoms. The molecule has 0 aromatic heterocycles. The van der Waals surface area contributed by atoms with Crippen molar-refractivity contribution in [2.45, 2.75) is 77.6 Å². The Morgan fingerprint density at radius 1 is 0.919 bits per heavy atom. The highest BCUT2D eigenvalue weighted by Crippen LogP contribution is 2.26. The number of nitrogens with one attached hydrogen (secondary N) is 1. The van der Waals surface area contributed by atoms with Crippen LogP contribution in [-0.2, 0) is 14.3 Å². The third-order valence-corrected chi connectivity index (χ3v) is 7.01. The maximum Gasteiger partial charge on any atom is 0.410 e. The minimum atomic E-state index is -0.501. The zero-order valence-electron chi connectivity index (χ0n) is 22.2. The summed E-state index contributed by atoms with van der Waals surface area (Å²) in [6.07, 6.45) is 3.22. The van der Waals surface area contributed by atoms with E-state index in [1.807, 2.05) is 38.7 Å². The third kappa shape index (κ3) is 6.80. The highest BCUT2D eigenvalue weighted by Gasteiger charge is 2.31. The molecule has 0 atom stereocenters. The zero-order valence-corrected chi connectivity index (χ0v) is 22.2. The molecule has 3 saturated heterocycles. The van der Waals surface area contributed by atoms with Gasteiger partial charge in [-0.2, -0.15) is 0 Å². The van der Waals surface area contributed by atoms with Crippen LogP contribution in [0.15, 0.2) is 18.2 Å². The predicted molar refractivity (Wildman–Crippen MR) is 138 cm³/mol. The van der Waals surface area contributed by atoms with Crippen molar-refractivity contribution >= 4 is 29.6 Å². The number of ether oxygens (including phenoxy) is 2. The summed E-state index contributed by atoms with van der Waals surface area (Å²) in [7, 11) is 0. The van der Waals surface area contributed by atoms with Crippen molar-refractivity contribution < 1.29 is 28.7 Å². The molecule has 5 amide bonds. The summed E-state index contributed by atoms with van der Waals surface area (Å²) in [5.41, 5.74) is 1.54. The van der Waals surface area contributed by atoms with Gasteiger partial charge in [0, 0.05) is 50.4 Å². The van der Waals surface area contributed by atoms with E-state index in [2.05, 4.69) is 5.32 Å². The second-order valence-corrected chi connectivity index (χ2v) is 11.1. The van der Waals surface area contributed by atoms with E-state index in [0.717, 1.165) is 31.2 Å². The number of piperidine rings is 2. The molecule has 3 aliphatic rings. The summed E-state index contributed by atoms with van der Waals surface area (Å²) < 4.78 is 11.8. The van der Waals surface area contributed by atoms with Crippen LogP contribution in [0.4, 0.5) is 15.3 Å². The van der Waals surface area contributed by atoms with E-state index >= 15 is 0 Å². The Kier molecular flexibility index (Phi) is 8.06. The van der Waals surface area contributed by atoms with Crippen LogP contribution < -0.4 is 10.2 Å². The third-order valence-electron chi connectivity index (χ3n) is 7.01. The molecule has 0 saturated carbocycles. The normalized spacial score (nSPS) is 20.2. The van der Waals surface area contributed by atoms with Crippen molar-refractivity contribution in [2.75, 3.05) is 37.6 Å². The average molecular weight is 515 g/mol. The largest absolute Gasteiger partial charge is 0.444 e. The number of urea groups is 1. The number of hydrogen-bond acceptors (Lipinski definition) is 6. The fourth-order valence-electron chi connectivity index (χ4n) is 4.98. The summed E-state index contributed by atoms with van der Waals surface area (Å²) in [5, 5.41) is 2.34. The molecule has 10 heteroatoms. The Bertz CT molecular complexity index is 1040. The fraction of sp³-hybridized carbons (Fsp3) is 0.630. The molecule has 0 spiro atoms. The number of aryl methyl sites for hydroxylation is 1. The van der Waals surface area contributed by atoms with Gasteiger partial charge in [-0.15, -0.1) is 0 Å². The molecule has 202 valence electrons. The first-order chi connectivity index (χ1) is 17.5. The van der Waals surface area contributed by atoms with Crippen molar-refractivity contribution in [3.63, 3.8) is 0 Å². The van der Waals surface area contributed by atoms with Crippen molar-refractivity contribution in [2.24, 2.45) is 0 Å². The lowest BCUT2D eigenvalue weighted by Crippen LogP contribution is -2.50. The maximum atomic E-state index is 13.2. The highest BCUT2D eigenvalue weighted by atomic mass is 16.6. The van der Waals surface area contributed by atoms with Crippen LogP contribution >= 0.6 is 0 Å². The van der Waals surface area contributed by atoms with Crippen LogP contribution in [0.25, 0.3) is 0 Å². The molecule has 37 heavy (non-hydrogen) atoms. The first kappa shape index (κ1) is 26.9. The Hall–Kier alpha value is -3.14. The molecular weight excluding hydrogens is 476 g/mol. The van der Waals surface area contributed by atoms with Gasteiger partial charge in [-0.1, -0.05) is 6.07 Å². The van der Waals surface area contributed by atoms with Crippen LogP contribution in [0.2, 0.25) is 0 Å². The van der Waals surface area contributed by atoms with Crippen molar-refractivity contribution in [1.82, 2.24) is 15.1 Å². The van der Waals surface area contributed by atoms with Crippen molar-refractivity contribution in [1.29, 1.82) is 0 Å². The van der Waals surface area contributed by atoms with Crippen LogP contribution in [0, 0.1) is 6.92 Å². The molecular formula is C27H38N4O6. The number of benzene rings is 1. The number of carbonyl (C=O) groups excluding carboxylic acids is 4. The van der Waals surface area contributed by atoms with Gasteiger partial charge >= 0.3 is 12.1 Å². The number of amides is 5. The van der Waals surface area contributed by atoms with Gasteiger partial charge in [0.05, 0.1) is 12.2 Å². The summed E-state index contributed by atoms with van der Waals surface area (Å²) in [6.45, 7) is 10.2. The quantitative estimate of drug-likeness (QED) is 0.659. The molecule has 3 fully saturated rings.